The molecule has 106 valence electrons. The third-order valence-corrected chi connectivity index (χ3v) is 5.76. The second-order valence-electron chi connectivity index (χ2n) is 5.34. The first kappa shape index (κ1) is 14.5. The number of benzene rings is 1. The molecule has 19 heavy (non-hydrogen) atoms. The fourth-order valence-corrected chi connectivity index (χ4v) is 4.67. The lowest BCUT2D eigenvalue weighted by atomic mass is 10.2. The van der Waals surface area contributed by atoms with E-state index in [4.69, 9.17) is 4.74 Å². The Morgan fingerprint density at radius 3 is 2.26 bits per heavy atom. The van der Waals surface area contributed by atoms with Gasteiger partial charge >= 0.3 is 0 Å². The second kappa shape index (κ2) is 5.23. The zero-order valence-corrected chi connectivity index (χ0v) is 12.7. The van der Waals surface area contributed by atoms with Crippen LogP contribution in [0.4, 0.5) is 0 Å². The minimum atomic E-state index is -3.45. The summed E-state index contributed by atoms with van der Waals surface area (Å²) in [5.74, 6) is 0. The highest BCUT2D eigenvalue weighted by atomic mass is 32.2. The molecule has 1 aliphatic heterocycles. The molecule has 1 aromatic rings. The largest absolute Gasteiger partial charge is 0.378 e. The number of ether oxygens (including phenoxy) is 1. The van der Waals surface area contributed by atoms with E-state index >= 15 is 0 Å². The van der Waals surface area contributed by atoms with Crippen LogP contribution in [-0.4, -0.2) is 38.0 Å². The van der Waals surface area contributed by atoms with Crippen LogP contribution in [0.5, 0.6) is 0 Å². The van der Waals surface area contributed by atoms with Crippen molar-refractivity contribution in [2.45, 2.75) is 44.7 Å². The van der Waals surface area contributed by atoms with Gasteiger partial charge in [-0.15, -0.1) is 0 Å². The molecule has 1 aliphatic rings. The molecule has 0 radical (unpaired) electrons. The molecular weight excluding hydrogens is 262 g/mol. The SMILES string of the molecule is Cc1ccc(S(=O)(=O)N2C(C)COCC2C)c(C)c1. The predicted molar refractivity (Wildman–Crippen MR) is 74.7 cm³/mol. The van der Waals surface area contributed by atoms with Crippen LogP contribution in [0.3, 0.4) is 0 Å². The standard InChI is InChI=1S/C14H21NO3S/c1-10-5-6-14(11(2)7-10)19(16,17)15-12(3)8-18-9-13(15)4/h5-7,12-13H,8-9H2,1-4H3. The molecule has 4 nitrogen and oxygen atoms in total. The van der Waals surface area contributed by atoms with Crippen molar-refractivity contribution in [2.75, 3.05) is 13.2 Å². The average molecular weight is 283 g/mol. The Kier molecular flexibility index (Phi) is 3.99. The van der Waals surface area contributed by atoms with Crippen molar-refractivity contribution < 1.29 is 13.2 Å². The van der Waals surface area contributed by atoms with Gasteiger partial charge in [0.25, 0.3) is 0 Å². The van der Waals surface area contributed by atoms with Gasteiger partial charge < -0.3 is 4.74 Å². The number of aryl methyl sites for hydroxylation is 2. The number of sulfonamides is 1. The predicted octanol–water partition coefficient (Wildman–Crippen LogP) is 2.10. The topological polar surface area (TPSA) is 46.6 Å². The first-order valence-electron chi connectivity index (χ1n) is 6.52. The van der Waals surface area contributed by atoms with Gasteiger partial charge in [0.1, 0.15) is 0 Å². The fraction of sp³-hybridized carbons (Fsp3) is 0.571. The smallest absolute Gasteiger partial charge is 0.243 e. The Morgan fingerprint density at radius 1 is 1.16 bits per heavy atom. The highest BCUT2D eigenvalue weighted by Gasteiger charge is 2.36. The minimum Gasteiger partial charge on any atom is -0.378 e. The summed E-state index contributed by atoms with van der Waals surface area (Å²) in [6, 6.07) is 5.19. The number of hydrogen-bond donors (Lipinski definition) is 0. The summed E-state index contributed by atoms with van der Waals surface area (Å²) < 4.78 is 32.6. The van der Waals surface area contributed by atoms with Crippen LogP contribution in [0.25, 0.3) is 0 Å². The number of nitrogens with zero attached hydrogens (tertiary/aromatic N) is 1. The summed E-state index contributed by atoms with van der Waals surface area (Å²) in [7, 11) is -3.45. The Morgan fingerprint density at radius 2 is 1.74 bits per heavy atom. The summed E-state index contributed by atoms with van der Waals surface area (Å²) in [5.41, 5.74) is 1.87. The summed E-state index contributed by atoms with van der Waals surface area (Å²) in [5, 5.41) is 0. The molecule has 0 aromatic heterocycles. The van der Waals surface area contributed by atoms with E-state index in [0.29, 0.717) is 18.1 Å². The van der Waals surface area contributed by atoms with Gasteiger partial charge in [-0.1, -0.05) is 17.7 Å². The molecule has 5 heteroatoms. The maximum absolute atomic E-state index is 12.8. The van der Waals surface area contributed by atoms with E-state index in [0.717, 1.165) is 11.1 Å². The van der Waals surface area contributed by atoms with Crippen LogP contribution in [0.15, 0.2) is 23.1 Å². The van der Waals surface area contributed by atoms with Crippen molar-refractivity contribution in [1.29, 1.82) is 0 Å². The first-order valence-corrected chi connectivity index (χ1v) is 7.96. The van der Waals surface area contributed by atoms with Crippen molar-refractivity contribution in [3.8, 4) is 0 Å². The molecule has 2 unspecified atom stereocenters. The summed E-state index contributed by atoms with van der Waals surface area (Å²) in [4.78, 5) is 0.402. The lowest BCUT2D eigenvalue weighted by Crippen LogP contribution is -2.52. The monoisotopic (exact) mass is 283 g/mol. The van der Waals surface area contributed by atoms with E-state index in [-0.39, 0.29) is 12.1 Å². The van der Waals surface area contributed by atoms with E-state index in [1.54, 1.807) is 10.4 Å². The van der Waals surface area contributed by atoms with E-state index in [2.05, 4.69) is 0 Å². The molecule has 2 rings (SSSR count). The third kappa shape index (κ3) is 2.68. The summed E-state index contributed by atoms with van der Waals surface area (Å²) in [6.07, 6.45) is 0. The Bertz CT molecular complexity index is 558. The van der Waals surface area contributed by atoms with Crippen LogP contribution in [-0.2, 0) is 14.8 Å². The average Bonchev–Trinajstić information content (AvgIpc) is 2.27. The number of rotatable bonds is 2. The van der Waals surface area contributed by atoms with Crippen LogP contribution in [0.2, 0.25) is 0 Å². The molecule has 2 atom stereocenters. The van der Waals surface area contributed by atoms with Crippen molar-refractivity contribution in [2.24, 2.45) is 0 Å². The Hall–Kier alpha value is -0.910. The molecule has 1 aromatic carbocycles. The van der Waals surface area contributed by atoms with Crippen LogP contribution in [0.1, 0.15) is 25.0 Å². The Balaban J connectivity index is 2.46. The van der Waals surface area contributed by atoms with E-state index in [9.17, 15) is 8.42 Å². The summed E-state index contributed by atoms with van der Waals surface area (Å²) in [6.45, 7) is 8.48. The number of hydrogen-bond acceptors (Lipinski definition) is 3. The highest BCUT2D eigenvalue weighted by Crippen LogP contribution is 2.26. The second-order valence-corrected chi connectivity index (χ2v) is 7.15. The highest BCUT2D eigenvalue weighted by molar-refractivity contribution is 7.89. The molecular formula is C14H21NO3S. The van der Waals surface area contributed by atoms with Gasteiger partial charge in [0.05, 0.1) is 18.1 Å². The molecule has 0 saturated carbocycles. The van der Waals surface area contributed by atoms with Gasteiger partial charge in [0.15, 0.2) is 0 Å². The lowest BCUT2D eigenvalue weighted by molar-refractivity contribution is 0.00634. The normalized spacial score (nSPS) is 25.5. The summed E-state index contributed by atoms with van der Waals surface area (Å²) >= 11 is 0. The molecule has 1 saturated heterocycles. The lowest BCUT2D eigenvalue weighted by Gasteiger charge is -2.37. The van der Waals surface area contributed by atoms with Crippen molar-refractivity contribution in [1.82, 2.24) is 4.31 Å². The van der Waals surface area contributed by atoms with Crippen LogP contribution >= 0.6 is 0 Å². The maximum atomic E-state index is 12.8. The molecule has 0 N–H and O–H groups in total. The van der Waals surface area contributed by atoms with Gasteiger partial charge in [0.2, 0.25) is 10.0 Å². The third-order valence-electron chi connectivity index (χ3n) is 3.47. The number of morpholine rings is 1. The molecule has 1 heterocycles. The van der Waals surface area contributed by atoms with Crippen molar-refractivity contribution in [3.05, 3.63) is 29.3 Å². The fourth-order valence-electron chi connectivity index (χ4n) is 2.67. The quantitative estimate of drug-likeness (QED) is 0.835. The van der Waals surface area contributed by atoms with E-state index in [1.165, 1.54) is 0 Å². The van der Waals surface area contributed by atoms with Crippen LogP contribution < -0.4 is 0 Å². The molecule has 0 bridgehead atoms. The molecule has 1 fully saturated rings. The minimum absolute atomic E-state index is 0.130. The van der Waals surface area contributed by atoms with Gasteiger partial charge in [-0.05, 0) is 39.3 Å². The van der Waals surface area contributed by atoms with Crippen molar-refractivity contribution in [3.63, 3.8) is 0 Å². The first-order chi connectivity index (χ1) is 8.84. The molecule has 0 aliphatic carbocycles. The molecule has 0 amide bonds. The molecule has 0 spiro atoms. The van der Waals surface area contributed by atoms with Gasteiger partial charge in [0, 0.05) is 12.1 Å². The maximum Gasteiger partial charge on any atom is 0.243 e. The van der Waals surface area contributed by atoms with Gasteiger partial charge in [-0.25, -0.2) is 8.42 Å². The van der Waals surface area contributed by atoms with E-state index in [1.807, 2.05) is 39.8 Å². The van der Waals surface area contributed by atoms with Gasteiger partial charge in [-0.2, -0.15) is 4.31 Å². The van der Waals surface area contributed by atoms with Gasteiger partial charge in [-0.3, -0.25) is 0 Å². The van der Waals surface area contributed by atoms with E-state index < -0.39 is 10.0 Å². The zero-order chi connectivity index (χ0) is 14.2. The Labute approximate surface area is 115 Å². The van der Waals surface area contributed by atoms with Crippen LogP contribution in [0, 0.1) is 13.8 Å². The van der Waals surface area contributed by atoms with Crippen molar-refractivity contribution >= 4 is 10.0 Å². The zero-order valence-electron chi connectivity index (χ0n) is 11.9.